The van der Waals surface area contributed by atoms with Gasteiger partial charge < -0.3 is 9.64 Å². The van der Waals surface area contributed by atoms with E-state index in [0.717, 1.165) is 56.9 Å². The standard InChI is InChI=1S/C29H37FN4O2/c1-20(2)36-26-12-5-9-23(16-26)19-32-15-13-29(18-22(32)4)27(33-14-7-8-21(33)3)31-28(35)34(29)25-11-6-10-24(30)17-25/h5-6,9-12,16-17,20-22H,7-8,13-15,18-19H2,1-4H3/t21?,22-,29+/m0/s1. The Hall–Kier alpha value is -2.93. The maximum atomic E-state index is 14.3. The van der Waals surface area contributed by atoms with Gasteiger partial charge in [0, 0.05) is 37.4 Å². The number of rotatable bonds is 5. The van der Waals surface area contributed by atoms with Gasteiger partial charge in [0.1, 0.15) is 22.9 Å². The number of amidine groups is 1. The molecule has 3 heterocycles. The lowest BCUT2D eigenvalue weighted by molar-refractivity contribution is 0.118. The molecule has 3 aliphatic heterocycles. The van der Waals surface area contributed by atoms with Crippen LogP contribution in [0, 0.1) is 5.82 Å². The molecule has 3 atom stereocenters. The second-order valence-electron chi connectivity index (χ2n) is 10.8. The van der Waals surface area contributed by atoms with E-state index in [2.05, 4.69) is 40.8 Å². The van der Waals surface area contributed by atoms with Gasteiger partial charge in [-0.05, 0) is 89.3 Å². The Morgan fingerprint density at radius 3 is 2.61 bits per heavy atom. The number of likely N-dealkylation sites (tertiary alicyclic amines) is 2. The van der Waals surface area contributed by atoms with Crippen molar-refractivity contribution in [2.75, 3.05) is 18.0 Å². The van der Waals surface area contributed by atoms with Crippen LogP contribution in [-0.2, 0) is 6.54 Å². The van der Waals surface area contributed by atoms with Crippen LogP contribution < -0.4 is 9.64 Å². The lowest BCUT2D eigenvalue weighted by Crippen LogP contribution is -2.63. The average Bonchev–Trinajstić information content (AvgIpc) is 3.35. The molecule has 7 heteroatoms. The number of benzene rings is 2. The third-order valence-corrected chi connectivity index (χ3v) is 7.85. The first kappa shape index (κ1) is 24.8. The number of hydrogen-bond donors (Lipinski definition) is 0. The maximum Gasteiger partial charge on any atom is 0.350 e. The molecule has 1 unspecified atom stereocenters. The maximum absolute atomic E-state index is 14.3. The first-order chi connectivity index (χ1) is 17.3. The van der Waals surface area contributed by atoms with Gasteiger partial charge in [0.05, 0.1) is 6.10 Å². The largest absolute Gasteiger partial charge is 0.491 e. The van der Waals surface area contributed by atoms with Gasteiger partial charge in [0.2, 0.25) is 0 Å². The fourth-order valence-corrected chi connectivity index (χ4v) is 6.21. The second kappa shape index (κ2) is 9.85. The molecular weight excluding hydrogens is 455 g/mol. The minimum atomic E-state index is -0.567. The van der Waals surface area contributed by atoms with E-state index < -0.39 is 5.54 Å². The van der Waals surface area contributed by atoms with Crippen molar-refractivity contribution in [2.24, 2.45) is 4.99 Å². The van der Waals surface area contributed by atoms with E-state index in [-0.39, 0.29) is 24.0 Å². The lowest BCUT2D eigenvalue weighted by atomic mass is 9.80. The number of anilines is 1. The number of urea groups is 1. The predicted molar refractivity (Wildman–Crippen MR) is 141 cm³/mol. The molecule has 2 saturated heterocycles. The molecule has 5 rings (SSSR count). The van der Waals surface area contributed by atoms with Crippen LogP contribution in [0.5, 0.6) is 5.75 Å². The highest BCUT2D eigenvalue weighted by atomic mass is 19.1. The van der Waals surface area contributed by atoms with Gasteiger partial charge in [0.15, 0.2) is 0 Å². The summed E-state index contributed by atoms with van der Waals surface area (Å²) in [4.78, 5) is 24.6. The van der Waals surface area contributed by atoms with Gasteiger partial charge in [-0.2, -0.15) is 4.99 Å². The Morgan fingerprint density at radius 2 is 1.92 bits per heavy atom. The SMILES string of the molecule is CC(C)Oc1cccc(CN2CC[C@@]3(C[C@@H]2C)C(N2CCCC2C)=NC(=O)N3c2cccc(F)c2)c1. The molecule has 2 aromatic carbocycles. The fraction of sp³-hybridized carbons (Fsp3) is 0.517. The molecule has 6 nitrogen and oxygen atoms in total. The lowest BCUT2D eigenvalue weighted by Gasteiger charge is -2.50. The Bertz CT molecular complexity index is 1150. The van der Waals surface area contributed by atoms with E-state index in [9.17, 15) is 9.18 Å². The van der Waals surface area contributed by atoms with Crippen molar-refractivity contribution < 1.29 is 13.9 Å². The number of carbonyl (C=O) groups excluding carboxylic acids is 1. The van der Waals surface area contributed by atoms with E-state index in [4.69, 9.17) is 4.74 Å². The molecule has 192 valence electrons. The van der Waals surface area contributed by atoms with Crippen LogP contribution in [0.15, 0.2) is 53.5 Å². The number of amides is 2. The number of halogens is 1. The number of carbonyl (C=O) groups is 1. The molecular formula is C29H37FN4O2. The van der Waals surface area contributed by atoms with Crippen LogP contribution in [0.1, 0.15) is 58.9 Å². The normalized spacial score (nSPS) is 26.8. The number of aliphatic imine (C=N–C) groups is 1. The number of piperidine rings is 1. The highest BCUT2D eigenvalue weighted by Crippen LogP contribution is 2.43. The summed E-state index contributed by atoms with van der Waals surface area (Å²) >= 11 is 0. The first-order valence-corrected chi connectivity index (χ1v) is 13.2. The second-order valence-corrected chi connectivity index (χ2v) is 10.8. The number of nitrogens with zero attached hydrogens (tertiary/aromatic N) is 4. The predicted octanol–water partition coefficient (Wildman–Crippen LogP) is 5.86. The third kappa shape index (κ3) is 4.61. The van der Waals surface area contributed by atoms with Gasteiger partial charge in [-0.15, -0.1) is 0 Å². The Balaban J connectivity index is 1.43. The van der Waals surface area contributed by atoms with Crippen LogP contribution in [0.2, 0.25) is 0 Å². The van der Waals surface area contributed by atoms with Crippen LogP contribution in [0.25, 0.3) is 0 Å². The van der Waals surface area contributed by atoms with Crippen molar-refractivity contribution in [3.63, 3.8) is 0 Å². The molecule has 1 spiro atoms. The van der Waals surface area contributed by atoms with Crippen molar-refractivity contribution >= 4 is 17.6 Å². The molecule has 2 fully saturated rings. The fourth-order valence-electron chi connectivity index (χ4n) is 6.21. The van der Waals surface area contributed by atoms with Crippen LogP contribution in [0.4, 0.5) is 14.9 Å². The molecule has 3 aliphatic rings. The summed E-state index contributed by atoms with van der Waals surface area (Å²) in [7, 11) is 0. The highest BCUT2D eigenvalue weighted by Gasteiger charge is 2.55. The Morgan fingerprint density at radius 1 is 1.11 bits per heavy atom. The molecule has 0 bridgehead atoms. The minimum absolute atomic E-state index is 0.133. The summed E-state index contributed by atoms with van der Waals surface area (Å²) in [5.41, 5.74) is 1.23. The molecule has 36 heavy (non-hydrogen) atoms. The number of hydrogen-bond acceptors (Lipinski definition) is 4. The van der Waals surface area contributed by atoms with Gasteiger partial charge in [-0.3, -0.25) is 9.80 Å². The van der Waals surface area contributed by atoms with Crippen LogP contribution in [-0.4, -0.2) is 58.5 Å². The molecule has 0 aliphatic carbocycles. The third-order valence-electron chi connectivity index (χ3n) is 7.85. The smallest absolute Gasteiger partial charge is 0.350 e. The molecule has 0 aromatic heterocycles. The van der Waals surface area contributed by atoms with Gasteiger partial charge in [-0.1, -0.05) is 18.2 Å². The van der Waals surface area contributed by atoms with Crippen molar-refractivity contribution in [1.29, 1.82) is 0 Å². The molecule has 0 radical (unpaired) electrons. The molecule has 2 amide bonds. The molecule has 0 saturated carbocycles. The quantitative estimate of drug-likeness (QED) is 0.525. The van der Waals surface area contributed by atoms with Gasteiger partial charge in [-0.25, -0.2) is 9.18 Å². The first-order valence-electron chi connectivity index (χ1n) is 13.2. The van der Waals surface area contributed by atoms with Crippen molar-refractivity contribution in [1.82, 2.24) is 9.80 Å². The monoisotopic (exact) mass is 492 g/mol. The van der Waals surface area contributed by atoms with Crippen LogP contribution >= 0.6 is 0 Å². The summed E-state index contributed by atoms with van der Waals surface area (Å²) in [5, 5.41) is 0. The molecule has 0 N–H and O–H groups in total. The summed E-state index contributed by atoms with van der Waals surface area (Å²) < 4.78 is 20.1. The zero-order valence-corrected chi connectivity index (χ0v) is 21.8. The van der Waals surface area contributed by atoms with Crippen molar-refractivity contribution in [3.05, 3.63) is 59.9 Å². The number of ether oxygens (including phenoxy) is 1. The summed E-state index contributed by atoms with van der Waals surface area (Å²) in [6.45, 7) is 11.0. The summed E-state index contributed by atoms with van der Waals surface area (Å²) in [6.07, 6.45) is 3.83. The zero-order chi connectivity index (χ0) is 25.4. The zero-order valence-electron chi connectivity index (χ0n) is 21.8. The topological polar surface area (TPSA) is 48.4 Å². The van der Waals surface area contributed by atoms with E-state index >= 15 is 0 Å². The Labute approximate surface area is 213 Å². The summed E-state index contributed by atoms with van der Waals surface area (Å²) in [5.74, 6) is 1.42. The van der Waals surface area contributed by atoms with E-state index in [1.807, 2.05) is 32.0 Å². The van der Waals surface area contributed by atoms with E-state index in [1.54, 1.807) is 11.0 Å². The van der Waals surface area contributed by atoms with E-state index in [0.29, 0.717) is 11.7 Å². The van der Waals surface area contributed by atoms with Crippen molar-refractivity contribution in [3.8, 4) is 5.75 Å². The van der Waals surface area contributed by atoms with Crippen LogP contribution in [0.3, 0.4) is 0 Å². The summed E-state index contributed by atoms with van der Waals surface area (Å²) in [6, 6.07) is 15.0. The van der Waals surface area contributed by atoms with Gasteiger partial charge >= 0.3 is 6.03 Å². The average molecular weight is 493 g/mol. The van der Waals surface area contributed by atoms with E-state index in [1.165, 1.54) is 17.7 Å². The highest BCUT2D eigenvalue weighted by molar-refractivity contribution is 6.16. The Kier molecular flexibility index (Phi) is 6.77. The molecule has 2 aromatic rings. The van der Waals surface area contributed by atoms with Gasteiger partial charge in [0.25, 0.3) is 0 Å². The van der Waals surface area contributed by atoms with Crippen molar-refractivity contribution in [2.45, 2.75) is 83.6 Å². The minimum Gasteiger partial charge on any atom is -0.491 e.